The molecule has 138 valence electrons. The van der Waals surface area contributed by atoms with Crippen LogP contribution < -0.4 is 0 Å². The van der Waals surface area contributed by atoms with E-state index in [-0.39, 0.29) is 0 Å². The number of fused-ring (bicyclic) bond motifs is 1. The average Bonchev–Trinajstić information content (AvgIpc) is 2.99. The van der Waals surface area contributed by atoms with E-state index in [9.17, 15) is 4.79 Å². The first-order valence-electron chi connectivity index (χ1n) is 8.73. The van der Waals surface area contributed by atoms with Crippen LogP contribution in [0.2, 0.25) is 0 Å². The van der Waals surface area contributed by atoms with Crippen molar-refractivity contribution in [1.82, 2.24) is 4.98 Å². The maximum absolute atomic E-state index is 11.5. The number of benzene rings is 1. The second-order valence-electron chi connectivity index (χ2n) is 6.04. The zero-order chi connectivity index (χ0) is 19.9. The highest BCUT2D eigenvalue weighted by atomic mass is 32.2. The van der Waals surface area contributed by atoms with E-state index >= 15 is 0 Å². The number of hydrogen-bond donors (Lipinski definition) is 1. The van der Waals surface area contributed by atoms with Crippen LogP contribution in [-0.4, -0.2) is 23.7 Å². The van der Waals surface area contributed by atoms with E-state index in [1.54, 1.807) is 0 Å². The zero-order valence-electron chi connectivity index (χ0n) is 16.4. The second kappa shape index (κ2) is 9.40. The number of aryl methyl sites for hydroxylation is 1. The number of nitrogens with one attached hydrogen (secondary N) is 1. The lowest BCUT2D eigenvalue weighted by atomic mass is 9.83. The summed E-state index contributed by atoms with van der Waals surface area (Å²) in [6.45, 7) is 15.8. The quantitative estimate of drug-likeness (QED) is 0.414. The summed E-state index contributed by atoms with van der Waals surface area (Å²) < 4.78 is 0. The lowest BCUT2D eigenvalue weighted by molar-refractivity contribution is -0.104. The normalized spacial score (nSPS) is 11.9. The Morgan fingerprint density at radius 1 is 1.42 bits per heavy atom. The Balaban J connectivity index is 0.00000163. The first kappa shape index (κ1) is 21.7. The minimum Gasteiger partial charge on any atom is -0.357 e. The minimum atomic E-state index is -0.504. The van der Waals surface area contributed by atoms with Crippen molar-refractivity contribution >= 4 is 35.7 Å². The number of H-pyrrole nitrogens is 1. The molecule has 1 N–H and O–H groups in total. The van der Waals surface area contributed by atoms with E-state index in [1.165, 1.54) is 11.8 Å². The van der Waals surface area contributed by atoms with Gasteiger partial charge in [0.1, 0.15) is 0 Å². The molecule has 26 heavy (non-hydrogen) atoms. The summed E-state index contributed by atoms with van der Waals surface area (Å²) in [6, 6.07) is 7.76. The summed E-state index contributed by atoms with van der Waals surface area (Å²) in [5, 5.41) is 10.2. The third-order valence-corrected chi connectivity index (χ3v) is 5.09. The maximum atomic E-state index is 11.5. The number of rotatable bonds is 6. The molecule has 0 atom stereocenters. The Labute approximate surface area is 160 Å². The predicted molar refractivity (Wildman–Crippen MR) is 113 cm³/mol. The van der Waals surface area contributed by atoms with E-state index < -0.39 is 5.41 Å². The van der Waals surface area contributed by atoms with E-state index in [0.29, 0.717) is 16.2 Å². The molecule has 4 nitrogen and oxygen atoms in total. The number of aliphatic imine (C=N–C) groups is 1. The van der Waals surface area contributed by atoms with Gasteiger partial charge in [-0.25, -0.2) is 0 Å². The Kier molecular flexibility index (Phi) is 7.85. The van der Waals surface area contributed by atoms with Crippen LogP contribution in [0.3, 0.4) is 0 Å². The van der Waals surface area contributed by atoms with Gasteiger partial charge in [0.05, 0.1) is 22.2 Å². The smallest absolute Gasteiger partial charge is 0.158 e. The number of nitriles is 1. The van der Waals surface area contributed by atoms with Gasteiger partial charge in [0.25, 0.3) is 0 Å². The summed E-state index contributed by atoms with van der Waals surface area (Å²) in [6.07, 6.45) is 0.853. The molecule has 0 aliphatic heterocycles. The molecule has 2 aromatic rings. The lowest BCUT2D eigenvalue weighted by Crippen LogP contribution is -2.22. The SMILES string of the molecule is C=N/C(=C(/C=O)SCC)C(C)(C)c1[nH]c2cc(C#N)ccc2c1C.CC. The minimum absolute atomic E-state index is 0.504. The third-order valence-electron chi connectivity index (χ3n) is 4.20. The van der Waals surface area contributed by atoms with Crippen molar-refractivity contribution in [1.29, 1.82) is 5.26 Å². The number of allylic oxidation sites excluding steroid dienone is 2. The van der Waals surface area contributed by atoms with Crippen LogP contribution in [0, 0.1) is 18.3 Å². The summed E-state index contributed by atoms with van der Waals surface area (Å²) in [7, 11) is 0. The Morgan fingerprint density at radius 2 is 2.08 bits per heavy atom. The molecule has 1 heterocycles. The molecule has 0 radical (unpaired) electrons. The molecule has 1 aromatic carbocycles. The van der Waals surface area contributed by atoms with Crippen LogP contribution in [0.25, 0.3) is 10.9 Å². The number of carbonyl (C=O) groups is 1. The summed E-state index contributed by atoms with van der Waals surface area (Å²) in [5.41, 5.74) is 3.75. The molecule has 0 spiro atoms. The van der Waals surface area contributed by atoms with Crippen LogP contribution >= 0.6 is 11.8 Å². The predicted octanol–water partition coefficient (Wildman–Crippen LogP) is 5.52. The van der Waals surface area contributed by atoms with Crippen molar-refractivity contribution in [3.8, 4) is 6.07 Å². The highest BCUT2D eigenvalue weighted by Gasteiger charge is 2.32. The van der Waals surface area contributed by atoms with Crippen molar-refractivity contribution in [2.24, 2.45) is 4.99 Å². The monoisotopic (exact) mass is 369 g/mol. The van der Waals surface area contributed by atoms with Crippen LogP contribution in [0.15, 0.2) is 33.8 Å². The summed E-state index contributed by atoms with van der Waals surface area (Å²) in [5.74, 6) is 0.792. The van der Waals surface area contributed by atoms with E-state index in [0.717, 1.165) is 34.2 Å². The maximum Gasteiger partial charge on any atom is 0.158 e. The number of thioether (sulfide) groups is 1. The zero-order valence-corrected chi connectivity index (χ0v) is 17.3. The van der Waals surface area contributed by atoms with E-state index in [4.69, 9.17) is 5.26 Å². The molecule has 0 aliphatic rings. The average molecular weight is 370 g/mol. The van der Waals surface area contributed by atoms with Crippen molar-refractivity contribution in [2.75, 3.05) is 5.75 Å². The largest absolute Gasteiger partial charge is 0.357 e. The number of carbonyl (C=O) groups excluding carboxylic acids is 1. The molecule has 2 rings (SSSR count). The highest BCUT2D eigenvalue weighted by Crippen LogP contribution is 2.39. The van der Waals surface area contributed by atoms with Crippen LogP contribution in [-0.2, 0) is 10.2 Å². The molecule has 1 aromatic heterocycles. The van der Waals surface area contributed by atoms with Gasteiger partial charge in [-0.2, -0.15) is 5.26 Å². The van der Waals surface area contributed by atoms with E-state index in [2.05, 4.69) is 22.8 Å². The second-order valence-corrected chi connectivity index (χ2v) is 7.35. The Hall–Kier alpha value is -2.32. The first-order chi connectivity index (χ1) is 12.4. The molecule has 0 saturated carbocycles. The molecular weight excluding hydrogens is 342 g/mol. The number of aldehydes is 1. The van der Waals surface area contributed by atoms with Gasteiger partial charge in [-0.3, -0.25) is 9.79 Å². The highest BCUT2D eigenvalue weighted by molar-refractivity contribution is 8.03. The fourth-order valence-corrected chi connectivity index (χ4v) is 3.88. The van der Waals surface area contributed by atoms with Gasteiger partial charge < -0.3 is 4.98 Å². The third kappa shape index (κ3) is 4.08. The van der Waals surface area contributed by atoms with Crippen molar-refractivity contribution in [2.45, 2.75) is 47.0 Å². The molecule has 0 amide bonds. The topological polar surface area (TPSA) is 69.0 Å². The molecule has 5 heteroatoms. The van der Waals surface area contributed by atoms with Crippen molar-refractivity contribution in [3.05, 3.63) is 45.6 Å². The molecule has 0 saturated heterocycles. The number of aromatic amines is 1. The summed E-state index contributed by atoms with van der Waals surface area (Å²) in [4.78, 5) is 19.7. The standard InChI is InChI=1S/C19H21N3OS.C2H6/c1-6-24-16(11-23)18(21-5)19(3,4)17-12(2)14-8-7-13(10-20)9-15(14)22-17;1-2/h7-9,11,22H,5-6H2,1-4H3;1-2H3/b18-16-;. The van der Waals surface area contributed by atoms with Crippen LogP contribution in [0.4, 0.5) is 0 Å². The van der Waals surface area contributed by atoms with Gasteiger partial charge in [0.15, 0.2) is 6.29 Å². The van der Waals surface area contributed by atoms with Crippen LogP contribution in [0.1, 0.15) is 51.4 Å². The Morgan fingerprint density at radius 3 is 2.58 bits per heavy atom. The molecule has 0 aliphatic carbocycles. The fourth-order valence-electron chi connectivity index (χ4n) is 3.05. The molecule has 0 bridgehead atoms. The summed E-state index contributed by atoms with van der Waals surface area (Å²) >= 11 is 1.47. The lowest BCUT2D eigenvalue weighted by Gasteiger charge is -2.26. The van der Waals surface area contributed by atoms with Gasteiger partial charge >= 0.3 is 0 Å². The van der Waals surface area contributed by atoms with Crippen LogP contribution in [0.5, 0.6) is 0 Å². The van der Waals surface area contributed by atoms with Crippen molar-refractivity contribution in [3.63, 3.8) is 0 Å². The number of aromatic nitrogens is 1. The number of hydrogen-bond acceptors (Lipinski definition) is 4. The van der Waals surface area contributed by atoms with Gasteiger partial charge in [0.2, 0.25) is 0 Å². The fraction of sp³-hybridized carbons (Fsp3) is 0.381. The Bertz CT molecular complexity index is 869. The number of nitrogens with zero attached hydrogens (tertiary/aromatic N) is 2. The first-order valence-corrected chi connectivity index (χ1v) is 9.71. The molecule has 0 fully saturated rings. The van der Waals surface area contributed by atoms with Gasteiger partial charge in [0, 0.05) is 22.0 Å². The van der Waals surface area contributed by atoms with Gasteiger partial charge in [-0.05, 0) is 50.9 Å². The van der Waals surface area contributed by atoms with Gasteiger partial charge in [-0.1, -0.05) is 26.8 Å². The van der Waals surface area contributed by atoms with Gasteiger partial charge in [-0.15, -0.1) is 11.8 Å². The van der Waals surface area contributed by atoms with E-state index in [1.807, 2.05) is 59.7 Å². The van der Waals surface area contributed by atoms with Crippen molar-refractivity contribution < 1.29 is 4.79 Å². The molecular formula is C21H27N3OS. The molecule has 0 unspecified atom stereocenters.